The largest absolute Gasteiger partial charge is 0.491 e. The number of rotatable bonds is 0. The molecule has 0 atom stereocenters. The van der Waals surface area contributed by atoms with E-state index in [9.17, 15) is 0 Å². The zero-order chi connectivity index (χ0) is 16.0. The standard InChI is InChI=1S/C13H13BrN2O.2C2H6/c1-8-9(2)16-5-6-17-12-7-10(14)3-4-11(12)13(16)15-8;2*1-2/h3-4,7H,5-6H2,1-2H3;2*1-2H3. The highest BCUT2D eigenvalue weighted by Crippen LogP contribution is 2.34. The van der Waals surface area contributed by atoms with Crippen molar-refractivity contribution in [3.63, 3.8) is 0 Å². The highest BCUT2D eigenvalue weighted by atomic mass is 79.9. The Morgan fingerprint density at radius 2 is 1.81 bits per heavy atom. The molecule has 4 heteroatoms. The van der Waals surface area contributed by atoms with Crippen LogP contribution in [0.25, 0.3) is 11.4 Å². The van der Waals surface area contributed by atoms with Crippen molar-refractivity contribution in [3.8, 4) is 17.1 Å². The van der Waals surface area contributed by atoms with E-state index in [4.69, 9.17) is 4.74 Å². The maximum Gasteiger partial charge on any atom is 0.144 e. The second-order valence-corrected chi connectivity index (χ2v) is 5.16. The SMILES string of the molecule is CC.CC.Cc1nc2n(c1C)CCOc1cc(Br)ccc1-2. The van der Waals surface area contributed by atoms with Gasteiger partial charge in [-0.05, 0) is 32.0 Å². The Bertz CT molecular complexity index is 591. The van der Waals surface area contributed by atoms with E-state index < -0.39 is 0 Å². The highest BCUT2D eigenvalue weighted by molar-refractivity contribution is 9.10. The molecule has 0 N–H and O–H groups in total. The maximum absolute atomic E-state index is 5.77. The van der Waals surface area contributed by atoms with E-state index in [1.54, 1.807) is 0 Å². The molecule has 0 spiro atoms. The Balaban J connectivity index is 0.000000510. The van der Waals surface area contributed by atoms with Crippen LogP contribution in [0.15, 0.2) is 22.7 Å². The van der Waals surface area contributed by atoms with E-state index in [-0.39, 0.29) is 0 Å². The van der Waals surface area contributed by atoms with Crippen molar-refractivity contribution in [2.75, 3.05) is 6.61 Å². The van der Waals surface area contributed by atoms with Gasteiger partial charge < -0.3 is 9.30 Å². The molecule has 116 valence electrons. The van der Waals surface area contributed by atoms with Gasteiger partial charge in [-0.3, -0.25) is 0 Å². The molecule has 0 fully saturated rings. The number of fused-ring (bicyclic) bond motifs is 3. The van der Waals surface area contributed by atoms with E-state index >= 15 is 0 Å². The molecule has 3 rings (SSSR count). The number of ether oxygens (including phenoxy) is 1. The molecule has 0 saturated heterocycles. The van der Waals surface area contributed by atoms with Gasteiger partial charge in [-0.15, -0.1) is 0 Å². The van der Waals surface area contributed by atoms with Gasteiger partial charge >= 0.3 is 0 Å². The fraction of sp³-hybridized carbons (Fsp3) is 0.471. The number of benzene rings is 1. The average molecular weight is 353 g/mol. The Morgan fingerprint density at radius 3 is 2.48 bits per heavy atom. The summed E-state index contributed by atoms with van der Waals surface area (Å²) in [5.74, 6) is 1.92. The van der Waals surface area contributed by atoms with E-state index in [1.807, 2.05) is 39.8 Å². The Kier molecular flexibility index (Phi) is 6.96. The number of aromatic nitrogens is 2. The first-order valence-electron chi connectivity index (χ1n) is 7.63. The molecule has 0 amide bonds. The van der Waals surface area contributed by atoms with Crippen molar-refractivity contribution in [2.45, 2.75) is 48.1 Å². The van der Waals surface area contributed by atoms with Gasteiger partial charge in [0.15, 0.2) is 0 Å². The molecule has 0 radical (unpaired) electrons. The van der Waals surface area contributed by atoms with Crippen molar-refractivity contribution in [1.82, 2.24) is 9.55 Å². The van der Waals surface area contributed by atoms with Gasteiger partial charge in [-0.1, -0.05) is 43.6 Å². The molecular weight excluding hydrogens is 328 g/mol. The van der Waals surface area contributed by atoms with E-state index in [0.29, 0.717) is 6.61 Å². The lowest BCUT2D eigenvalue weighted by atomic mass is 10.2. The second kappa shape index (κ2) is 8.23. The van der Waals surface area contributed by atoms with Crippen LogP contribution in [0.1, 0.15) is 39.1 Å². The van der Waals surface area contributed by atoms with Crippen LogP contribution in [-0.4, -0.2) is 16.2 Å². The number of halogens is 1. The zero-order valence-corrected chi connectivity index (χ0v) is 15.4. The molecule has 2 aromatic rings. The normalized spacial score (nSPS) is 11.6. The number of imidazole rings is 1. The molecule has 0 unspecified atom stereocenters. The third-order valence-corrected chi connectivity index (χ3v) is 3.71. The van der Waals surface area contributed by atoms with E-state index in [1.165, 1.54) is 5.69 Å². The van der Waals surface area contributed by atoms with E-state index in [2.05, 4.69) is 45.4 Å². The maximum atomic E-state index is 5.77. The molecule has 1 aromatic heterocycles. The third kappa shape index (κ3) is 3.67. The van der Waals surface area contributed by atoms with Crippen molar-refractivity contribution in [3.05, 3.63) is 34.1 Å². The minimum Gasteiger partial charge on any atom is -0.491 e. The van der Waals surface area contributed by atoms with Crippen molar-refractivity contribution in [1.29, 1.82) is 0 Å². The third-order valence-electron chi connectivity index (χ3n) is 3.21. The lowest BCUT2D eigenvalue weighted by molar-refractivity contribution is 0.305. The van der Waals surface area contributed by atoms with Crippen LogP contribution in [0.2, 0.25) is 0 Å². The number of nitrogens with zero attached hydrogens (tertiary/aromatic N) is 2. The number of hydrogen-bond acceptors (Lipinski definition) is 2. The summed E-state index contributed by atoms with van der Waals surface area (Å²) in [5.41, 5.74) is 3.39. The zero-order valence-electron chi connectivity index (χ0n) is 13.8. The van der Waals surface area contributed by atoms with Crippen LogP contribution in [0, 0.1) is 13.8 Å². The summed E-state index contributed by atoms with van der Waals surface area (Å²) in [5, 5.41) is 0. The topological polar surface area (TPSA) is 27.1 Å². The van der Waals surface area contributed by atoms with Gasteiger partial charge in [0, 0.05) is 10.2 Å². The lowest BCUT2D eigenvalue weighted by Gasteiger charge is -2.06. The summed E-state index contributed by atoms with van der Waals surface area (Å²) in [4.78, 5) is 4.65. The molecule has 2 heterocycles. The highest BCUT2D eigenvalue weighted by Gasteiger charge is 2.19. The van der Waals surface area contributed by atoms with Gasteiger partial charge in [0.1, 0.15) is 18.2 Å². The summed E-state index contributed by atoms with van der Waals surface area (Å²) < 4.78 is 9.04. The van der Waals surface area contributed by atoms with Crippen LogP contribution < -0.4 is 4.74 Å². The van der Waals surface area contributed by atoms with Crippen LogP contribution in [0.5, 0.6) is 5.75 Å². The summed E-state index contributed by atoms with van der Waals surface area (Å²) in [6.07, 6.45) is 0. The molecule has 1 aliphatic heterocycles. The first-order chi connectivity index (χ1) is 10.2. The minimum absolute atomic E-state index is 0.688. The minimum atomic E-state index is 0.688. The van der Waals surface area contributed by atoms with Crippen LogP contribution in [0.3, 0.4) is 0 Å². The molecule has 0 saturated carbocycles. The Labute approximate surface area is 136 Å². The molecule has 0 aliphatic carbocycles. The predicted molar refractivity (Wildman–Crippen MR) is 93.0 cm³/mol. The van der Waals surface area contributed by atoms with Gasteiger partial charge in [0.25, 0.3) is 0 Å². The lowest BCUT2D eigenvalue weighted by Crippen LogP contribution is -2.07. The molecular formula is C17H25BrN2O. The van der Waals surface area contributed by atoms with Gasteiger partial charge in [0.05, 0.1) is 17.8 Å². The van der Waals surface area contributed by atoms with Gasteiger partial charge in [-0.25, -0.2) is 4.98 Å². The van der Waals surface area contributed by atoms with E-state index in [0.717, 1.165) is 33.8 Å². The van der Waals surface area contributed by atoms with Gasteiger partial charge in [-0.2, -0.15) is 0 Å². The molecule has 1 aromatic carbocycles. The molecule has 1 aliphatic rings. The quantitative estimate of drug-likeness (QED) is 0.636. The number of aryl methyl sites for hydroxylation is 1. The van der Waals surface area contributed by atoms with Crippen molar-refractivity contribution in [2.24, 2.45) is 0 Å². The fourth-order valence-corrected chi connectivity index (χ4v) is 2.52. The molecule has 3 nitrogen and oxygen atoms in total. The van der Waals surface area contributed by atoms with Crippen molar-refractivity contribution >= 4 is 15.9 Å². The fourth-order valence-electron chi connectivity index (χ4n) is 2.18. The second-order valence-electron chi connectivity index (χ2n) is 4.25. The summed E-state index contributed by atoms with van der Waals surface area (Å²) in [6.45, 7) is 13.7. The Morgan fingerprint density at radius 1 is 1.14 bits per heavy atom. The van der Waals surface area contributed by atoms with Crippen LogP contribution >= 0.6 is 15.9 Å². The summed E-state index contributed by atoms with van der Waals surface area (Å²) in [7, 11) is 0. The summed E-state index contributed by atoms with van der Waals surface area (Å²) >= 11 is 3.47. The monoisotopic (exact) mass is 352 g/mol. The number of hydrogen-bond donors (Lipinski definition) is 0. The van der Waals surface area contributed by atoms with Crippen LogP contribution in [0.4, 0.5) is 0 Å². The average Bonchev–Trinajstić information content (AvgIpc) is 2.70. The summed E-state index contributed by atoms with van der Waals surface area (Å²) in [6, 6.07) is 6.09. The van der Waals surface area contributed by atoms with Crippen LogP contribution in [-0.2, 0) is 6.54 Å². The smallest absolute Gasteiger partial charge is 0.144 e. The predicted octanol–water partition coefficient (Wildman–Crippen LogP) is 5.37. The first kappa shape index (κ1) is 17.8. The molecule has 21 heavy (non-hydrogen) atoms. The molecule has 0 bridgehead atoms. The Hall–Kier alpha value is -1.29. The van der Waals surface area contributed by atoms with Gasteiger partial charge in [0.2, 0.25) is 0 Å². The first-order valence-corrected chi connectivity index (χ1v) is 8.42. The van der Waals surface area contributed by atoms with Crippen molar-refractivity contribution < 1.29 is 4.74 Å².